The molecule has 1 unspecified atom stereocenters. The molecule has 0 radical (unpaired) electrons. The molecular weight excluding hydrogens is 368 g/mol. The first-order chi connectivity index (χ1) is 10.6. The summed E-state index contributed by atoms with van der Waals surface area (Å²) in [6.45, 7) is 1.54. The van der Waals surface area contributed by atoms with Gasteiger partial charge in [-0.05, 0) is 37.0 Å². The highest BCUT2D eigenvalue weighted by atomic mass is 79.9. The van der Waals surface area contributed by atoms with Crippen LogP contribution in [0.25, 0.3) is 10.9 Å². The fourth-order valence-electron chi connectivity index (χ4n) is 2.27. The van der Waals surface area contributed by atoms with Crippen molar-refractivity contribution in [3.05, 3.63) is 33.9 Å². The van der Waals surface area contributed by atoms with Gasteiger partial charge >= 0.3 is 0 Å². The summed E-state index contributed by atoms with van der Waals surface area (Å²) in [7, 11) is 0. The summed E-state index contributed by atoms with van der Waals surface area (Å²) in [4.78, 5) is 4.31. The van der Waals surface area contributed by atoms with E-state index in [-0.39, 0.29) is 0 Å². The molecule has 0 bridgehead atoms. The van der Waals surface area contributed by atoms with Crippen LogP contribution in [0.5, 0.6) is 0 Å². The van der Waals surface area contributed by atoms with Crippen LogP contribution in [0.2, 0.25) is 5.02 Å². The lowest BCUT2D eigenvalue weighted by Gasteiger charge is -2.15. The average molecular weight is 386 g/mol. The Balaban J connectivity index is 1.62. The molecule has 1 aliphatic rings. The van der Waals surface area contributed by atoms with Crippen LogP contribution in [0.1, 0.15) is 12.8 Å². The van der Waals surface area contributed by atoms with Crippen molar-refractivity contribution in [3.63, 3.8) is 0 Å². The van der Waals surface area contributed by atoms with Crippen molar-refractivity contribution < 1.29 is 9.84 Å². The topological polar surface area (TPSA) is 54.4 Å². The van der Waals surface area contributed by atoms with Crippen molar-refractivity contribution in [2.45, 2.75) is 18.9 Å². The summed E-state index contributed by atoms with van der Waals surface area (Å²) < 4.78 is 6.40. The third-order valence-corrected chi connectivity index (χ3v) is 4.40. The molecule has 1 heterocycles. The SMILES string of the molecule is OC(CNc1ccnc2c(Cl)cc(Br)cc12)COCC1CC1. The molecule has 1 aromatic carbocycles. The Morgan fingerprint density at radius 2 is 2.27 bits per heavy atom. The number of aliphatic hydroxyl groups is 1. The van der Waals surface area contributed by atoms with E-state index < -0.39 is 6.10 Å². The van der Waals surface area contributed by atoms with Crippen molar-refractivity contribution >= 4 is 44.1 Å². The molecule has 3 rings (SSSR count). The van der Waals surface area contributed by atoms with E-state index in [1.54, 1.807) is 6.20 Å². The van der Waals surface area contributed by atoms with Gasteiger partial charge in [0.05, 0.1) is 23.3 Å². The van der Waals surface area contributed by atoms with Gasteiger partial charge in [-0.3, -0.25) is 4.98 Å². The Bertz CT molecular complexity index is 664. The van der Waals surface area contributed by atoms with Gasteiger partial charge in [0.1, 0.15) is 0 Å². The van der Waals surface area contributed by atoms with E-state index >= 15 is 0 Å². The standard InChI is InChI=1S/C16H18BrClN2O2/c17-11-5-13-15(3-4-19-16(13)14(18)6-11)20-7-12(21)9-22-8-10-1-2-10/h3-6,10,12,21H,1-2,7-9H2,(H,19,20). The van der Waals surface area contributed by atoms with Gasteiger partial charge in [0.2, 0.25) is 0 Å². The van der Waals surface area contributed by atoms with E-state index in [9.17, 15) is 5.11 Å². The minimum absolute atomic E-state index is 0.358. The number of ether oxygens (including phenoxy) is 1. The summed E-state index contributed by atoms with van der Waals surface area (Å²) in [5.41, 5.74) is 1.64. The molecule has 0 spiro atoms. The lowest BCUT2D eigenvalue weighted by Crippen LogP contribution is -2.25. The van der Waals surface area contributed by atoms with Crippen LogP contribution >= 0.6 is 27.5 Å². The second-order valence-electron chi connectivity index (χ2n) is 5.66. The average Bonchev–Trinajstić information content (AvgIpc) is 3.29. The Hall–Kier alpha value is -0.880. The van der Waals surface area contributed by atoms with Crippen LogP contribution in [0.15, 0.2) is 28.9 Å². The number of nitrogens with one attached hydrogen (secondary N) is 1. The van der Waals surface area contributed by atoms with Gasteiger partial charge in [-0.1, -0.05) is 27.5 Å². The maximum absolute atomic E-state index is 9.99. The van der Waals surface area contributed by atoms with Gasteiger partial charge in [-0.15, -0.1) is 0 Å². The van der Waals surface area contributed by atoms with Crippen molar-refractivity contribution in [2.75, 3.05) is 25.1 Å². The summed E-state index contributed by atoms with van der Waals surface area (Å²) in [6.07, 6.45) is 3.69. The molecule has 2 aromatic rings. The van der Waals surface area contributed by atoms with E-state index in [1.165, 1.54) is 12.8 Å². The minimum Gasteiger partial charge on any atom is -0.389 e. The van der Waals surface area contributed by atoms with Crippen molar-refractivity contribution in [1.29, 1.82) is 0 Å². The molecule has 1 saturated carbocycles. The molecule has 0 amide bonds. The smallest absolute Gasteiger partial charge is 0.0945 e. The number of rotatable bonds is 7. The lowest BCUT2D eigenvalue weighted by molar-refractivity contribution is 0.0386. The molecule has 2 N–H and O–H groups in total. The Kier molecular flexibility index (Phi) is 5.18. The number of hydrogen-bond acceptors (Lipinski definition) is 4. The van der Waals surface area contributed by atoms with E-state index in [0.717, 1.165) is 27.7 Å². The number of nitrogens with zero attached hydrogens (tertiary/aromatic N) is 1. The second-order valence-corrected chi connectivity index (χ2v) is 6.98. The highest BCUT2D eigenvalue weighted by Gasteiger charge is 2.21. The van der Waals surface area contributed by atoms with Crippen molar-refractivity contribution in [3.8, 4) is 0 Å². The monoisotopic (exact) mass is 384 g/mol. The predicted molar refractivity (Wildman–Crippen MR) is 92.5 cm³/mol. The van der Waals surface area contributed by atoms with Crippen LogP contribution in [0.3, 0.4) is 0 Å². The van der Waals surface area contributed by atoms with Gasteiger partial charge in [-0.25, -0.2) is 0 Å². The first kappa shape index (κ1) is 16.0. The van der Waals surface area contributed by atoms with Gasteiger partial charge in [0.15, 0.2) is 0 Å². The predicted octanol–water partition coefficient (Wildman–Crippen LogP) is 3.85. The molecule has 22 heavy (non-hydrogen) atoms. The van der Waals surface area contributed by atoms with E-state index in [2.05, 4.69) is 26.2 Å². The molecule has 1 fully saturated rings. The first-order valence-corrected chi connectivity index (χ1v) is 8.54. The molecule has 1 atom stereocenters. The highest BCUT2D eigenvalue weighted by molar-refractivity contribution is 9.10. The zero-order valence-electron chi connectivity index (χ0n) is 12.1. The van der Waals surface area contributed by atoms with Gasteiger partial charge in [-0.2, -0.15) is 0 Å². The molecule has 4 nitrogen and oxygen atoms in total. The third kappa shape index (κ3) is 4.10. The number of hydrogen-bond donors (Lipinski definition) is 2. The summed E-state index contributed by atoms with van der Waals surface area (Å²) in [6, 6.07) is 5.66. The number of halogens is 2. The van der Waals surface area contributed by atoms with Crippen LogP contribution in [-0.4, -0.2) is 36.0 Å². The van der Waals surface area contributed by atoms with Crippen LogP contribution in [0, 0.1) is 5.92 Å². The van der Waals surface area contributed by atoms with E-state index in [4.69, 9.17) is 16.3 Å². The van der Waals surface area contributed by atoms with Crippen LogP contribution in [-0.2, 0) is 4.74 Å². The van der Waals surface area contributed by atoms with Crippen molar-refractivity contribution in [1.82, 2.24) is 4.98 Å². The maximum atomic E-state index is 9.99. The molecule has 6 heteroatoms. The number of pyridine rings is 1. The summed E-state index contributed by atoms with van der Waals surface area (Å²) in [5.74, 6) is 0.712. The molecule has 0 saturated heterocycles. The normalized spacial score (nSPS) is 16.0. The van der Waals surface area contributed by atoms with E-state index in [0.29, 0.717) is 24.1 Å². The largest absolute Gasteiger partial charge is 0.389 e. The Morgan fingerprint density at radius 1 is 1.45 bits per heavy atom. The molecule has 1 aromatic heterocycles. The minimum atomic E-state index is -0.537. The number of aromatic nitrogens is 1. The van der Waals surface area contributed by atoms with Gasteiger partial charge in [0.25, 0.3) is 0 Å². The highest BCUT2D eigenvalue weighted by Crippen LogP contribution is 2.31. The Morgan fingerprint density at radius 3 is 3.05 bits per heavy atom. The first-order valence-electron chi connectivity index (χ1n) is 7.37. The van der Waals surface area contributed by atoms with Gasteiger partial charge in [0, 0.05) is 34.9 Å². The fourth-order valence-corrected chi connectivity index (χ4v) is 3.13. The number of aliphatic hydroxyl groups excluding tert-OH is 1. The fraction of sp³-hybridized carbons (Fsp3) is 0.438. The molecular formula is C16H18BrClN2O2. The van der Waals surface area contributed by atoms with Crippen LogP contribution in [0.4, 0.5) is 5.69 Å². The number of benzene rings is 1. The molecule has 1 aliphatic carbocycles. The van der Waals surface area contributed by atoms with Crippen molar-refractivity contribution in [2.24, 2.45) is 5.92 Å². The Labute approximate surface area is 143 Å². The molecule has 0 aliphatic heterocycles. The maximum Gasteiger partial charge on any atom is 0.0945 e. The zero-order chi connectivity index (χ0) is 15.5. The third-order valence-electron chi connectivity index (χ3n) is 3.65. The van der Waals surface area contributed by atoms with Crippen LogP contribution < -0.4 is 5.32 Å². The summed E-state index contributed by atoms with van der Waals surface area (Å²) >= 11 is 9.65. The number of fused-ring (bicyclic) bond motifs is 1. The molecule has 118 valence electrons. The zero-order valence-corrected chi connectivity index (χ0v) is 14.4. The lowest BCUT2D eigenvalue weighted by atomic mass is 10.2. The van der Waals surface area contributed by atoms with Gasteiger partial charge < -0.3 is 15.2 Å². The number of anilines is 1. The quantitative estimate of drug-likeness (QED) is 0.760. The van der Waals surface area contributed by atoms with E-state index in [1.807, 2.05) is 18.2 Å². The second kappa shape index (κ2) is 7.13. The summed E-state index contributed by atoms with van der Waals surface area (Å²) in [5, 5.41) is 14.8.